The number of hydrogen-bond acceptors (Lipinski definition) is 4. The van der Waals surface area contributed by atoms with E-state index < -0.39 is 0 Å². The van der Waals surface area contributed by atoms with E-state index in [-0.39, 0.29) is 37.2 Å². The van der Waals surface area contributed by atoms with E-state index in [9.17, 15) is 0 Å². The van der Waals surface area contributed by atoms with E-state index in [4.69, 9.17) is 23.2 Å². The highest BCUT2D eigenvalue weighted by molar-refractivity contribution is 6.30. The fourth-order valence-corrected chi connectivity index (χ4v) is 5.97. The topological polar surface area (TPSA) is 32.3 Å². The summed E-state index contributed by atoms with van der Waals surface area (Å²) in [5, 5.41) is 1.47. The van der Waals surface area contributed by atoms with Crippen LogP contribution >= 0.6 is 60.4 Å². The number of aromatic nitrogens is 2. The highest BCUT2D eigenvalue weighted by Crippen LogP contribution is 2.29. The van der Waals surface area contributed by atoms with Gasteiger partial charge in [-0.25, -0.2) is 0 Å². The van der Waals surface area contributed by atoms with Gasteiger partial charge in [0.15, 0.2) is 0 Å². The Labute approximate surface area is 295 Å². The average Bonchev–Trinajstić information content (AvgIpc) is 3.02. The molecule has 4 nitrogen and oxygen atoms in total. The van der Waals surface area contributed by atoms with E-state index in [1.165, 1.54) is 22.4 Å². The normalized spacial score (nSPS) is 13.2. The summed E-state index contributed by atoms with van der Waals surface area (Å²) in [6.45, 7) is 6.02. The second kappa shape index (κ2) is 17.2. The summed E-state index contributed by atoms with van der Waals surface area (Å²) in [7, 11) is 0. The van der Waals surface area contributed by atoms with Crippen molar-refractivity contribution in [3.05, 3.63) is 136 Å². The number of rotatable bonds is 8. The third-order valence-corrected chi connectivity index (χ3v) is 8.56. The molecule has 0 N–H and O–H groups in total. The van der Waals surface area contributed by atoms with Crippen LogP contribution in [0.2, 0.25) is 10.0 Å². The first-order valence-electron chi connectivity index (χ1n) is 14.5. The van der Waals surface area contributed by atoms with Crippen LogP contribution in [0.25, 0.3) is 22.5 Å². The Bertz CT molecular complexity index is 1620. The average molecular weight is 703 g/mol. The van der Waals surface area contributed by atoms with E-state index in [1.54, 1.807) is 0 Å². The van der Waals surface area contributed by atoms with Gasteiger partial charge in [0, 0.05) is 71.5 Å². The van der Waals surface area contributed by atoms with Crippen molar-refractivity contribution >= 4 is 66.1 Å². The van der Waals surface area contributed by atoms with Gasteiger partial charge in [-0.05, 0) is 91.6 Å². The van der Waals surface area contributed by atoms with Crippen LogP contribution in [0.4, 0.5) is 5.69 Å². The van der Waals surface area contributed by atoms with Crippen LogP contribution in [0.3, 0.4) is 0 Å². The van der Waals surface area contributed by atoms with Gasteiger partial charge in [0.25, 0.3) is 0 Å². The molecule has 45 heavy (non-hydrogen) atoms. The lowest BCUT2D eigenvalue weighted by Gasteiger charge is -2.40. The van der Waals surface area contributed by atoms with E-state index >= 15 is 0 Å². The Balaban J connectivity index is 0.00000184. The Morgan fingerprint density at radius 2 is 1.16 bits per heavy atom. The lowest BCUT2D eigenvalue weighted by Crippen LogP contribution is -2.44. The SMILES string of the molecule is Cc1ccc(N(Cc2ccnc(-c3ccc(Cl)cc3)c2)C2CCN(Cc3ccnc(-c4ccc(Cl)cc4)c3)CC2)cc1.Cl.Cl.Cl. The zero-order chi connectivity index (χ0) is 28.9. The standard InChI is InChI=1S/C36H34Cl2N4.3ClH/c1-26-2-12-33(13-3-26)42(25-28-15-19-40-36(23-28)30-6-10-32(38)11-7-30)34-16-20-41(21-17-34)24-27-14-18-39-35(22-27)29-4-8-31(37)9-5-29;;;/h2-15,18-19,22-23,34H,16-17,20-21,24-25H2,1H3;3*1H. The summed E-state index contributed by atoms with van der Waals surface area (Å²) < 4.78 is 0. The Kier molecular flexibility index (Phi) is 14.0. The fraction of sp³-hybridized carbons (Fsp3) is 0.222. The van der Waals surface area contributed by atoms with Crippen LogP contribution in [0.1, 0.15) is 29.5 Å². The minimum Gasteiger partial charge on any atom is -0.364 e. The van der Waals surface area contributed by atoms with Gasteiger partial charge in [-0.2, -0.15) is 0 Å². The Morgan fingerprint density at radius 3 is 1.69 bits per heavy atom. The molecule has 6 rings (SSSR count). The monoisotopic (exact) mass is 700 g/mol. The smallest absolute Gasteiger partial charge is 0.0705 e. The van der Waals surface area contributed by atoms with Crippen molar-refractivity contribution in [1.29, 1.82) is 0 Å². The highest BCUT2D eigenvalue weighted by Gasteiger charge is 2.25. The number of anilines is 1. The van der Waals surface area contributed by atoms with Crippen molar-refractivity contribution in [2.45, 2.75) is 38.9 Å². The zero-order valence-electron chi connectivity index (χ0n) is 25.0. The van der Waals surface area contributed by atoms with E-state index in [0.717, 1.165) is 71.6 Å². The molecule has 1 aliphatic rings. The van der Waals surface area contributed by atoms with Crippen molar-refractivity contribution in [2.24, 2.45) is 0 Å². The Hall–Kier alpha value is -2.83. The largest absolute Gasteiger partial charge is 0.364 e. The van der Waals surface area contributed by atoms with Crippen molar-refractivity contribution in [2.75, 3.05) is 18.0 Å². The molecule has 1 fully saturated rings. The molecule has 0 atom stereocenters. The lowest BCUT2D eigenvalue weighted by molar-refractivity contribution is 0.201. The molecule has 1 aliphatic heterocycles. The number of nitrogens with zero attached hydrogens (tertiary/aromatic N) is 4. The summed E-state index contributed by atoms with van der Waals surface area (Å²) in [4.78, 5) is 14.4. The molecule has 0 aliphatic carbocycles. The minimum absolute atomic E-state index is 0. The van der Waals surface area contributed by atoms with Crippen LogP contribution in [0.5, 0.6) is 0 Å². The summed E-state index contributed by atoms with van der Waals surface area (Å²) in [5.41, 5.74) is 9.21. The summed E-state index contributed by atoms with van der Waals surface area (Å²) >= 11 is 12.2. The van der Waals surface area contributed by atoms with Gasteiger partial charge >= 0.3 is 0 Å². The molecule has 1 saturated heterocycles. The maximum Gasteiger partial charge on any atom is 0.0705 e. The van der Waals surface area contributed by atoms with E-state index in [0.29, 0.717) is 6.04 Å². The molecule has 0 amide bonds. The molecule has 2 aromatic heterocycles. The predicted molar refractivity (Wildman–Crippen MR) is 197 cm³/mol. The van der Waals surface area contributed by atoms with Crippen molar-refractivity contribution in [1.82, 2.24) is 14.9 Å². The van der Waals surface area contributed by atoms with Gasteiger partial charge in [-0.1, -0.05) is 65.2 Å². The first-order valence-corrected chi connectivity index (χ1v) is 15.2. The summed E-state index contributed by atoms with van der Waals surface area (Å²) in [6.07, 6.45) is 6.05. The number of hydrogen-bond donors (Lipinski definition) is 0. The molecule has 236 valence electrons. The second-order valence-corrected chi connectivity index (χ2v) is 12.0. The number of halogens is 5. The van der Waals surface area contributed by atoms with Gasteiger partial charge in [0.2, 0.25) is 0 Å². The molecule has 3 heterocycles. The maximum atomic E-state index is 6.12. The molecule has 3 aromatic carbocycles. The third kappa shape index (κ3) is 9.59. The highest BCUT2D eigenvalue weighted by atomic mass is 35.5. The van der Waals surface area contributed by atoms with Crippen LogP contribution in [-0.2, 0) is 13.1 Å². The quantitative estimate of drug-likeness (QED) is 0.161. The minimum atomic E-state index is 0. The summed E-state index contributed by atoms with van der Waals surface area (Å²) in [5.74, 6) is 0. The molecule has 0 spiro atoms. The predicted octanol–water partition coefficient (Wildman–Crippen LogP) is 10.4. The number of aryl methyl sites for hydroxylation is 1. The van der Waals surface area contributed by atoms with Gasteiger partial charge in [0.05, 0.1) is 11.4 Å². The second-order valence-electron chi connectivity index (χ2n) is 11.1. The first kappa shape index (κ1) is 36.6. The van der Waals surface area contributed by atoms with Gasteiger partial charge < -0.3 is 4.90 Å². The van der Waals surface area contributed by atoms with E-state index in [1.807, 2.05) is 60.9 Å². The summed E-state index contributed by atoms with van der Waals surface area (Å²) in [6, 6.07) is 33.9. The number of likely N-dealkylation sites (tertiary alicyclic amines) is 1. The molecule has 0 radical (unpaired) electrons. The molecule has 0 unspecified atom stereocenters. The Morgan fingerprint density at radius 1 is 0.667 bits per heavy atom. The van der Waals surface area contributed by atoms with Gasteiger partial charge in [-0.3, -0.25) is 14.9 Å². The van der Waals surface area contributed by atoms with Crippen LogP contribution in [0.15, 0.2) is 109 Å². The molecule has 0 saturated carbocycles. The van der Waals surface area contributed by atoms with Gasteiger partial charge in [-0.15, -0.1) is 37.2 Å². The van der Waals surface area contributed by atoms with Crippen molar-refractivity contribution < 1.29 is 0 Å². The number of pyridine rings is 2. The zero-order valence-corrected chi connectivity index (χ0v) is 28.9. The molecular formula is C36H37Cl5N4. The lowest BCUT2D eigenvalue weighted by atomic mass is 10.00. The first-order chi connectivity index (χ1) is 20.5. The van der Waals surface area contributed by atoms with E-state index in [2.05, 4.69) is 75.2 Å². The van der Waals surface area contributed by atoms with Crippen LogP contribution in [0, 0.1) is 6.92 Å². The molecular weight excluding hydrogens is 666 g/mol. The number of piperidine rings is 1. The third-order valence-electron chi connectivity index (χ3n) is 8.05. The fourth-order valence-electron chi connectivity index (χ4n) is 5.71. The van der Waals surface area contributed by atoms with Gasteiger partial charge in [0.1, 0.15) is 0 Å². The molecule has 9 heteroatoms. The van der Waals surface area contributed by atoms with Crippen molar-refractivity contribution in [3.63, 3.8) is 0 Å². The molecule has 5 aromatic rings. The van der Waals surface area contributed by atoms with Crippen LogP contribution in [-0.4, -0.2) is 34.0 Å². The number of benzene rings is 3. The van der Waals surface area contributed by atoms with Crippen LogP contribution < -0.4 is 4.90 Å². The maximum absolute atomic E-state index is 6.12. The molecule has 0 bridgehead atoms. The van der Waals surface area contributed by atoms with Crippen molar-refractivity contribution in [3.8, 4) is 22.5 Å².